The molecule has 0 radical (unpaired) electrons. The molecule has 0 amide bonds. The van der Waals surface area contributed by atoms with Crippen molar-refractivity contribution in [1.29, 1.82) is 0 Å². The molecule has 0 aromatic heterocycles. The highest BCUT2D eigenvalue weighted by atomic mass is 35.5. The Morgan fingerprint density at radius 3 is 2.58 bits per heavy atom. The zero-order chi connectivity index (χ0) is 9.14. The second kappa shape index (κ2) is 3.99. The van der Waals surface area contributed by atoms with Crippen LogP contribution in [0.5, 0.6) is 5.75 Å². The van der Waals surface area contributed by atoms with E-state index in [1.54, 1.807) is 12.1 Å². The maximum Gasteiger partial charge on any atom is 0.136 e. The van der Waals surface area contributed by atoms with Crippen LogP contribution in [0.25, 0.3) is 0 Å². The number of halogens is 2. The summed E-state index contributed by atoms with van der Waals surface area (Å²) >= 11 is 11.4. The molecule has 2 N–H and O–H groups in total. The number of phenolic OH excluding ortho intramolecular Hbond substituents is 1. The van der Waals surface area contributed by atoms with Gasteiger partial charge in [-0.3, -0.25) is 0 Å². The highest BCUT2D eigenvalue weighted by Crippen LogP contribution is 2.32. The third kappa shape index (κ3) is 2.03. The summed E-state index contributed by atoms with van der Waals surface area (Å²) in [5.74, 6) is 0.0226. The second-order valence-electron chi connectivity index (χ2n) is 2.44. The highest BCUT2D eigenvalue weighted by molar-refractivity contribution is 6.42. The molecule has 0 aliphatic heterocycles. The van der Waals surface area contributed by atoms with E-state index in [1.807, 2.05) is 7.05 Å². The maximum absolute atomic E-state index is 9.26. The molecule has 1 aromatic carbocycles. The molecule has 0 saturated heterocycles. The fourth-order valence-electron chi connectivity index (χ4n) is 0.935. The molecule has 0 aliphatic carbocycles. The number of benzene rings is 1. The molecule has 0 saturated carbocycles. The fraction of sp³-hybridized carbons (Fsp3) is 0.250. The van der Waals surface area contributed by atoms with Gasteiger partial charge >= 0.3 is 0 Å². The first-order chi connectivity index (χ1) is 5.65. The quantitative estimate of drug-likeness (QED) is 0.778. The summed E-state index contributed by atoms with van der Waals surface area (Å²) in [5.41, 5.74) is 0.907. The highest BCUT2D eigenvalue weighted by Gasteiger charge is 2.05. The Labute approximate surface area is 81.1 Å². The van der Waals surface area contributed by atoms with Crippen LogP contribution in [0.3, 0.4) is 0 Å². The standard InChI is InChI=1S/C8H9Cl2NO/c1-11-4-5-2-6(9)8(10)7(12)3-5/h2-3,11-12H,4H2,1H3. The van der Waals surface area contributed by atoms with E-state index in [1.165, 1.54) is 0 Å². The Bertz CT molecular complexity index is 265. The predicted molar refractivity (Wildman–Crippen MR) is 50.9 cm³/mol. The van der Waals surface area contributed by atoms with Crippen LogP contribution < -0.4 is 5.32 Å². The summed E-state index contributed by atoms with van der Waals surface area (Å²) in [5, 5.41) is 12.8. The molecule has 12 heavy (non-hydrogen) atoms. The van der Waals surface area contributed by atoms with Gasteiger partial charge in [-0.1, -0.05) is 23.2 Å². The SMILES string of the molecule is CNCc1cc(O)c(Cl)c(Cl)c1. The Kier molecular flexibility index (Phi) is 3.20. The predicted octanol–water partition coefficient (Wildman–Crippen LogP) is 2.42. The first-order valence-corrected chi connectivity index (χ1v) is 4.22. The molecule has 0 spiro atoms. The maximum atomic E-state index is 9.26. The van der Waals surface area contributed by atoms with Crippen molar-refractivity contribution in [3.05, 3.63) is 27.7 Å². The smallest absolute Gasteiger partial charge is 0.136 e. The molecule has 0 heterocycles. The molecular formula is C8H9Cl2NO. The van der Waals surface area contributed by atoms with Crippen molar-refractivity contribution < 1.29 is 5.11 Å². The lowest BCUT2D eigenvalue weighted by Crippen LogP contribution is -2.04. The number of phenols is 1. The van der Waals surface area contributed by atoms with Gasteiger partial charge in [-0.05, 0) is 24.7 Å². The van der Waals surface area contributed by atoms with Crippen LogP contribution in [0.15, 0.2) is 12.1 Å². The Balaban J connectivity index is 3.04. The minimum absolute atomic E-state index is 0.0226. The largest absolute Gasteiger partial charge is 0.506 e. The Hall–Kier alpha value is -0.440. The number of hydrogen-bond donors (Lipinski definition) is 2. The average Bonchev–Trinajstić information content (AvgIpc) is 2.01. The van der Waals surface area contributed by atoms with Gasteiger partial charge in [-0.2, -0.15) is 0 Å². The fourth-order valence-corrected chi connectivity index (χ4v) is 1.28. The molecular weight excluding hydrogens is 197 g/mol. The van der Waals surface area contributed by atoms with E-state index < -0.39 is 0 Å². The molecule has 1 aromatic rings. The van der Waals surface area contributed by atoms with Gasteiger partial charge < -0.3 is 10.4 Å². The molecule has 2 nitrogen and oxygen atoms in total. The zero-order valence-corrected chi connectivity index (χ0v) is 8.08. The summed E-state index contributed by atoms with van der Waals surface area (Å²) in [6, 6.07) is 3.31. The van der Waals surface area contributed by atoms with Gasteiger partial charge in [0.2, 0.25) is 0 Å². The van der Waals surface area contributed by atoms with Crippen LogP contribution in [-0.2, 0) is 6.54 Å². The van der Waals surface area contributed by atoms with Gasteiger partial charge in [0, 0.05) is 6.54 Å². The van der Waals surface area contributed by atoms with E-state index in [4.69, 9.17) is 23.2 Å². The van der Waals surface area contributed by atoms with Crippen LogP contribution in [-0.4, -0.2) is 12.2 Å². The summed E-state index contributed by atoms with van der Waals surface area (Å²) in [6.45, 7) is 0.657. The zero-order valence-electron chi connectivity index (χ0n) is 6.56. The first kappa shape index (κ1) is 9.65. The van der Waals surface area contributed by atoms with E-state index in [2.05, 4.69) is 5.32 Å². The van der Waals surface area contributed by atoms with Crippen LogP contribution in [0.4, 0.5) is 0 Å². The number of hydrogen-bond acceptors (Lipinski definition) is 2. The summed E-state index contributed by atoms with van der Waals surface area (Å²) in [6.07, 6.45) is 0. The van der Waals surface area contributed by atoms with Gasteiger partial charge in [-0.15, -0.1) is 0 Å². The minimum Gasteiger partial charge on any atom is -0.506 e. The Morgan fingerprint density at radius 2 is 2.08 bits per heavy atom. The molecule has 4 heteroatoms. The van der Waals surface area contributed by atoms with Crippen LogP contribution >= 0.6 is 23.2 Å². The van der Waals surface area contributed by atoms with Crippen molar-refractivity contribution in [2.45, 2.75) is 6.54 Å². The number of nitrogens with one attached hydrogen (secondary N) is 1. The van der Waals surface area contributed by atoms with Crippen LogP contribution in [0.1, 0.15) is 5.56 Å². The Morgan fingerprint density at radius 1 is 1.42 bits per heavy atom. The second-order valence-corrected chi connectivity index (χ2v) is 3.23. The number of rotatable bonds is 2. The lowest BCUT2D eigenvalue weighted by Gasteiger charge is -2.04. The van der Waals surface area contributed by atoms with Crippen molar-refractivity contribution in [1.82, 2.24) is 5.32 Å². The lowest BCUT2D eigenvalue weighted by atomic mass is 10.2. The average molecular weight is 206 g/mol. The lowest BCUT2D eigenvalue weighted by molar-refractivity contribution is 0.474. The minimum atomic E-state index is 0.0226. The van der Waals surface area contributed by atoms with E-state index in [-0.39, 0.29) is 10.8 Å². The van der Waals surface area contributed by atoms with E-state index in [0.717, 1.165) is 5.56 Å². The van der Waals surface area contributed by atoms with Gasteiger partial charge in [-0.25, -0.2) is 0 Å². The van der Waals surface area contributed by atoms with Crippen LogP contribution in [0.2, 0.25) is 10.0 Å². The van der Waals surface area contributed by atoms with E-state index in [0.29, 0.717) is 11.6 Å². The number of aromatic hydroxyl groups is 1. The molecule has 0 fully saturated rings. The van der Waals surface area contributed by atoms with E-state index in [9.17, 15) is 5.11 Å². The summed E-state index contributed by atoms with van der Waals surface area (Å²) < 4.78 is 0. The molecule has 0 unspecified atom stereocenters. The molecule has 0 aliphatic rings. The van der Waals surface area contributed by atoms with Crippen LogP contribution in [0, 0.1) is 0 Å². The summed E-state index contributed by atoms with van der Waals surface area (Å²) in [7, 11) is 1.82. The van der Waals surface area contributed by atoms with Crippen molar-refractivity contribution in [2.75, 3.05) is 7.05 Å². The van der Waals surface area contributed by atoms with Gasteiger partial charge in [0.05, 0.1) is 5.02 Å². The first-order valence-electron chi connectivity index (χ1n) is 3.46. The summed E-state index contributed by atoms with van der Waals surface area (Å²) in [4.78, 5) is 0. The normalized spacial score (nSPS) is 10.2. The molecule has 66 valence electrons. The van der Waals surface area contributed by atoms with Gasteiger partial charge in [0.1, 0.15) is 10.8 Å². The van der Waals surface area contributed by atoms with E-state index >= 15 is 0 Å². The van der Waals surface area contributed by atoms with Gasteiger partial charge in [0.15, 0.2) is 0 Å². The molecule has 0 atom stereocenters. The third-order valence-electron chi connectivity index (χ3n) is 1.45. The van der Waals surface area contributed by atoms with Crippen molar-refractivity contribution in [3.63, 3.8) is 0 Å². The van der Waals surface area contributed by atoms with Gasteiger partial charge in [0.25, 0.3) is 0 Å². The van der Waals surface area contributed by atoms with Crippen molar-refractivity contribution in [2.24, 2.45) is 0 Å². The third-order valence-corrected chi connectivity index (χ3v) is 2.24. The monoisotopic (exact) mass is 205 g/mol. The topological polar surface area (TPSA) is 32.3 Å². The molecule has 1 rings (SSSR count). The molecule has 0 bridgehead atoms. The van der Waals surface area contributed by atoms with Crippen molar-refractivity contribution >= 4 is 23.2 Å². The van der Waals surface area contributed by atoms with Crippen molar-refractivity contribution in [3.8, 4) is 5.75 Å².